The van der Waals surface area contributed by atoms with Crippen molar-refractivity contribution in [2.45, 2.75) is 19.8 Å². The van der Waals surface area contributed by atoms with E-state index in [2.05, 4.69) is 15.3 Å². The first-order valence-electron chi connectivity index (χ1n) is 6.03. The second kappa shape index (κ2) is 5.30. The van der Waals surface area contributed by atoms with Gasteiger partial charge in [0.05, 0.1) is 5.69 Å². The molecule has 1 heterocycles. The first-order chi connectivity index (χ1) is 8.99. The Bertz CT molecular complexity index is 577. The molecular formula is C14H15F2N3. The van der Waals surface area contributed by atoms with Gasteiger partial charge in [0.15, 0.2) is 0 Å². The molecule has 0 unspecified atom stereocenters. The average Bonchev–Trinajstić information content (AvgIpc) is 2.37. The number of aromatic nitrogens is 2. The van der Waals surface area contributed by atoms with Crippen molar-refractivity contribution in [1.82, 2.24) is 9.97 Å². The number of hydrogen-bond acceptors (Lipinski definition) is 3. The molecule has 0 aliphatic heterocycles. The highest BCUT2D eigenvalue weighted by molar-refractivity contribution is 5.62. The standard InChI is InChI=1S/C14H15F2N3/c1-8(2)14-18-12(7-13(17-3)19-14)9-4-10(15)6-11(16)5-9/h4-8H,1-3H3,(H,17,18,19). The molecule has 0 aliphatic carbocycles. The molecule has 0 radical (unpaired) electrons. The van der Waals surface area contributed by atoms with Gasteiger partial charge in [-0.2, -0.15) is 0 Å². The van der Waals surface area contributed by atoms with E-state index in [-0.39, 0.29) is 5.92 Å². The van der Waals surface area contributed by atoms with Gasteiger partial charge in [0.1, 0.15) is 23.3 Å². The van der Waals surface area contributed by atoms with Crippen molar-refractivity contribution in [3.63, 3.8) is 0 Å². The number of nitrogens with one attached hydrogen (secondary N) is 1. The molecule has 0 fully saturated rings. The molecule has 0 atom stereocenters. The normalized spacial score (nSPS) is 10.8. The summed E-state index contributed by atoms with van der Waals surface area (Å²) in [4.78, 5) is 8.66. The van der Waals surface area contributed by atoms with Gasteiger partial charge in [0.2, 0.25) is 0 Å². The van der Waals surface area contributed by atoms with Crippen LogP contribution in [0.4, 0.5) is 14.6 Å². The number of anilines is 1. The number of halogens is 2. The predicted molar refractivity (Wildman–Crippen MR) is 71.0 cm³/mol. The van der Waals surface area contributed by atoms with E-state index in [0.717, 1.165) is 6.07 Å². The summed E-state index contributed by atoms with van der Waals surface area (Å²) in [7, 11) is 1.74. The highest BCUT2D eigenvalue weighted by Crippen LogP contribution is 2.24. The summed E-state index contributed by atoms with van der Waals surface area (Å²) >= 11 is 0. The summed E-state index contributed by atoms with van der Waals surface area (Å²) in [5.41, 5.74) is 0.903. The Labute approximate surface area is 110 Å². The van der Waals surface area contributed by atoms with Crippen LogP contribution in [-0.4, -0.2) is 17.0 Å². The van der Waals surface area contributed by atoms with Crippen molar-refractivity contribution in [2.75, 3.05) is 12.4 Å². The minimum absolute atomic E-state index is 0.130. The summed E-state index contributed by atoms with van der Waals surface area (Å²) < 4.78 is 26.5. The van der Waals surface area contributed by atoms with E-state index in [1.807, 2.05) is 13.8 Å². The van der Waals surface area contributed by atoms with Crippen molar-refractivity contribution in [3.05, 3.63) is 41.7 Å². The lowest BCUT2D eigenvalue weighted by molar-refractivity contribution is 0.584. The minimum Gasteiger partial charge on any atom is -0.373 e. The summed E-state index contributed by atoms with van der Waals surface area (Å²) in [6.07, 6.45) is 0. The molecule has 0 spiro atoms. The van der Waals surface area contributed by atoms with E-state index in [4.69, 9.17) is 0 Å². The van der Waals surface area contributed by atoms with E-state index < -0.39 is 11.6 Å². The average molecular weight is 263 g/mol. The van der Waals surface area contributed by atoms with Gasteiger partial charge in [-0.3, -0.25) is 0 Å². The van der Waals surface area contributed by atoms with E-state index in [0.29, 0.717) is 22.9 Å². The van der Waals surface area contributed by atoms with Gasteiger partial charge >= 0.3 is 0 Å². The largest absolute Gasteiger partial charge is 0.373 e. The zero-order valence-electron chi connectivity index (χ0n) is 11.0. The van der Waals surface area contributed by atoms with Crippen LogP contribution in [0, 0.1) is 11.6 Å². The number of nitrogens with zero attached hydrogens (tertiary/aromatic N) is 2. The van der Waals surface area contributed by atoms with Gasteiger partial charge in [-0.1, -0.05) is 13.8 Å². The molecular weight excluding hydrogens is 248 g/mol. The van der Waals surface area contributed by atoms with Gasteiger partial charge in [-0.25, -0.2) is 18.7 Å². The lowest BCUT2D eigenvalue weighted by Gasteiger charge is -2.10. The van der Waals surface area contributed by atoms with Gasteiger partial charge in [0.25, 0.3) is 0 Å². The fourth-order valence-corrected chi connectivity index (χ4v) is 1.70. The molecule has 1 N–H and O–H groups in total. The fraction of sp³-hybridized carbons (Fsp3) is 0.286. The Balaban J connectivity index is 2.57. The lowest BCUT2D eigenvalue weighted by atomic mass is 10.1. The number of rotatable bonds is 3. The van der Waals surface area contributed by atoms with E-state index in [9.17, 15) is 8.78 Å². The predicted octanol–water partition coefficient (Wildman–Crippen LogP) is 3.59. The van der Waals surface area contributed by atoms with Crippen LogP contribution in [0.15, 0.2) is 24.3 Å². The second-order valence-electron chi connectivity index (χ2n) is 4.56. The molecule has 100 valence electrons. The van der Waals surface area contributed by atoms with Gasteiger partial charge in [-0.15, -0.1) is 0 Å². The monoisotopic (exact) mass is 263 g/mol. The molecule has 0 saturated heterocycles. The lowest BCUT2D eigenvalue weighted by Crippen LogP contribution is -2.03. The van der Waals surface area contributed by atoms with Crippen LogP contribution < -0.4 is 5.32 Å². The molecule has 0 saturated carbocycles. The zero-order chi connectivity index (χ0) is 14.0. The zero-order valence-corrected chi connectivity index (χ0v) is 11.0. The summed E-state index contributed by atoms with van der Waals surface area (Å²) in [5.74, 6) is 0.145. The van der Waals surface area contributed by atoms with Crippen LogP contribution in [0.2, 0.25) is 0 Å². The Morgan fingerprint density at radius 3 is 2.16 bits per heavy atom. The molecule has 19 heavy (non-hydrogen) atoms. The van der Waals surface area contributed by atoms with Crippen molar-refractivity contribution in [1.29, 1.82) is 0 Å². The summed E-state index contributed by atoms with van der Waals surface area (Å²) in [6, 6.07) is 5.02. The maximum absolute atomic E-state index is 13.3. The molecule has 1 aromatic heterocycles. The Morgan fingerprint density at radius 1 is 1.00 bits per heavy atom. The van der Waals surface area contributed by atoms with Crippen LogP contribution in [0.5, 0.6) is 0 Å². The van der Waals surface area contributed by atoms with Gasteiger partial charge in [0, 0.05) is 30.7 Å². The van der Waals surface area contributed by atoms with Crippen molar-refractivity contribution < 1.29 is 8.78 Å². The first-order valence-corrected chi connectivity index (χ1v) is 6.03. The van der Waals surface area contributed by atoms with Crippen molar-refractivity contribution >= 4 is 5.82 Å². The quantitative estimate of drug-likeness (QED) is 0.919. The minimum atomic E-state index is -0.620. The van der Waals surface area contributed by atoms with E-state index in [1.54, 1.807) is 13.1 Å². The summed E-state index contributed by atoms with van der Waals surface area (Å²) in [5, 5.41) is 2.92. The SMILES string of the molecule is CNc1cc(-c2cc(F)cc(F)c2)nc(C(C)C)n1. The molecule has 2 rings (SSSR count). The van der Waals surface area contributed by atoms with Gasteiger partial charge in [-0.05, 0) is 12.1 Å². The third-order valence-corrected chi connectivity index (χ3v) is 2.67. The highest BCUT2D eigenvalue weighted by Gasteiger charge is 2.10. The van der Waals surface area contributed by atoms with E-state index in [1.165, 1.54) is 12.1 Å². The Hall–Kier alpha value is -2.04. The first kappa shape index (κ1) is 13.4. The number of benzene rings is 1. The topological polar surface area (TPSA) is 37.8 Å². The third kappa shape index (κ3) is 3.05. The second-order valence-corrected chi connectivity index (χ2v) is 4.56. The Morgan fingerprint density at radius 2 is 1.63 bits per heavy atom. The molecule has 0 bridgehead atoms. The number of hydrogen-bond donors (Lipinski definition) is 1. The summed E-state index contributed by atoms with van der Waals surface area (Å²) in [6.45, 7) is 3.93. The van der Waals surface area contributed by atoms with Crippen LogP contribution in [0.3, 0.4) is 0 Å². The fourth-order valence-electron chi connectivity index (χ4n) is 1.70. The molecule has 2 aromatic rings. The smallest absolute Gasteiger partial charge is 0.133 e. The Kier molecular flexibility index (Phi) is 3.74. The highest BCUT2D eigenvalue weighted by atomic mass is 19.1. The van der Waals surface area contributed by atoms with Crippen LogP contribution in [0.1, 0.15) is 25.6 Å². The molecule has 5 heteroatoms. The van der Waals surface area contributed by atoms with Crippen LogP contribution >= 0.6 is 0 Å². The van der Waals surface area contributed by atoms with Crippen LogP contribution in [-0.2, 0) is 0 Å². The van der Waals surface area contributed by atoms with Crippen LogP contribution in [0.25, 0.3) is 11.3 Å². The third-order valence-electron chi connectivity index (χ3n) is 2.67. The molecule has 0 amide bonds. The van der Waals surface area contributed by atoms with E-state index >= 15 is 0 Å². The maximum atomic E-state index is 13.3. The maximum Gasteiger partial charge on any atom is 0.133 e. The molecule has 3 nitrogen and oxygen atoms in total. The van der Waals surface area contributed by atoms with Crippen molar-refractivity contribution in [2.24, 2.45) is 0 Å². The van der Waals surface area contributed by atoms with Gasteiger partial charge < -0.3 is 5.32 Å². The molecule has 1 aromatic carbocycles. The van der Waals surface area contributed by atoms with Crippen molar-refractivity contribution in [3.8, 4) is 11.3 Å². The molecule has 0 aliphatic rings.